The van der Waals surface area contributed by atoms with Crippen molar-refractivity contribution in [2.45, 2.75) is 46.2 Å². The summed E-state index contributed by atoms with van der Waals surface area (Å²) >= 11 is 1.47. The Morgan fingerprint density at radius 1 is 1.29 bits per heavy atom. The van der Waals surface area contributed by atoms with Gasteiger partial charge in [-0.2, -0.15) is 5.10 Å². The Morgan fingerprint density at radius 3 is 2.58 bits per heavy atom. The molecule has 0 saturated heterocycles. The minimum atomic E-state index is -0.114. The molecule has 130 valence electrons. The Balaban J connectivity index is 2.02. The first kappa shape index (κ1) is 18.4. The third kappa shape index (κ3) is 4.35. The van der Waals surface area contributed by atoms with Gasteiger partial charge in [-0.25, -0.2) is 9.97 Å². The number of carbonyl (C=O) groups is 1. The summed E-state index contributed by atoms with van der Waals surface area (Å²) in [6.45, 7) is 11.2. The molecule has 0 aliphatic rings. The molecule has 7 heteroatoms. The Bertz CT molecular complexity index is 741. The van der Waals surface area contributed by atoms with E-state index in [4.69, 9.17) is 0 Å². The van der Waals surface area contributed by atoms with Crippen LogP contribution in [0.25, 0.3) is 0 Å². The molecule has 0 aliphatic carbocycles. The van der Waals surface area contributed by atoms with Crippen molar-refractivity contribution in [2.75, 3.05) is 12.8 Å². The van der Waals surface area contributed by atoms with E-state index in [9.17, 15) is 4.79 Å². The van der Waals surface area contributed by atoms with Crippen molar-refractivity contribution in [3.63, 3.8) is 0 Å². The molecule has 24 heavy (non-hydrogen) atoms. The topological polar surface area (TPSA) is 72.7 Å². The fourth-order valence-corrected chi connectivity index (χ4v) is 3.33. The molecule has 1 N–H and O–H groups in total. The van der Waals surface area contributed by atoms with Crippen molar-refractivity contribution in [1.82, 2.24) is 25.1 Å². The predicted molar refractivity (Wildman–Crippen MR) is 96.5 cm³/mol. The Labute approximate surface area is 147 Å². The summed E-state index contributed by atoms with van der Waals surface area (Å²) in [5, 5.41) is 8.20. The van der Waals surface area contributed by atoms with Gasteiger partial charge in [0.05, 0.1) is 17.0 Å². The van der Waals surface area contributed by atoms with Crippen molar-refractivity contribution in [2.24, 2.45) is 5.92 Å². The number of amides is 1. The molecule has 0 saturated carbocycles. The highest BCUT2D eigenvalue weighted by atomic mass is 32.2. The molecule has 2 heterocycles. The number of aryl methyl sites for hydroxylation is 4. The van der Waals surface area contributed by atoms with E-state index >= 15 is 0 Å². The Hall–Kier alpha value is -1.89. The van der Waals surface area contributed by atoms with E-state index in [1.807, 2.05) is 38.6 Å². The fraction of sp³-hybridized carbons (Fsp3) is 0.529. The van der Waals surface area contributed by atoms with Crippen LogP contribution >= 0.6 is 11.8 Å². The van der Waals surface area contributed by atoms with Crippen LogP contribution in [0.15, 0.2) is 11.1 Å². The van der Waals surface area contributed by atoms with E-state index in [-0.39, 0.29) is 11.8 Å². The van der Waals surface area contributed by atoms with Crippen LogP contribution < -0.4 is 5.32 Å². The van der Waals surface area contributed by atoms with E-state index in [1.54, 1.807) is 0 Å². The van der Waals surface area contributed by atoms with Gasteiger partial charge >= 0.3 is 0 Å². The van der Waals surface area contributed by atoms with Crippen LogP contribution in [0.2, 0.25) is 0 Å². The molecule has 2 aromatic rings. The van der Waals surface area contributed by atoms with E-state index < -0.39 is 0 Å². The fourth-order valence-electron chi connectivity index (χ4n) is 2.67. The molecule has 0 fully saturated rings. The van der Waals surface area contributed by atoms with E-state index in [2.05, 4.69) is 33.4 Å². The summed E-state index contributed by atoms with van der Waals surface area (Å²) in [5.74, 6) is 0.847. The largest absolute Gasteiger partial charge is 0.352 e. The smallest absolute Gasteiger partial charge is 0.255 e. The quantitative estimate of drug-likeness (QED) is 0.642. The summed E-state index contributed by atoms with van der Waals surface area (Å²) < 4.78 is 1.99. The number of rotatable bonds is 6. The van der Waals surface area contributed by atoms with Crippen LogP contribution in [0.1, 0.15) is 40.2 Å². The second-order valence-corrected chi connectivity index (χ2v) is 6.96. The number of nitrogens with one attached hydrogen (secondary N) is 1. The van der Waals surface area contributed by atoms with Crippen molar-refractivity contribution >= 4 is 17.7 Å². The van der Waals surface area contributed by atoms with Crippen LogP contribution in [-0.4, -0.2) is 38.5 Å². The van der Waals surface area contributed by atoms with Crippen LogP contribution in [-0.2, 0) is 6.54 Å². The zero-order chi connectivity index (χ0) is 17.9. The average molecular weight is 347 g/mol. The number of carbonyl (C=O) groups excluding carboxylic acids is 1. The number of hydrogen-bond acceptors (Lipinski definition) is 5. The number of aromatic nitrogens is 4. The van der Waals surface area contributed by atoms with Crippen molar-refractivity contribution in [3.05, 3.63) is 34.5 Å². The molecule has 2 aromatic heterocycles. The highest BCUT2D eigenvalue weighted by Gasteiger charge is 2.18. The molecular formula is C17H25N5OS. The number of nitrogens with zero attached hydrogens (tertiary/aromatic N) is 4. The molecule has 0 radical (unpaired) electrons. The van der Waals surface area contributed by atoms with Gasteiger partial charge in [-0.05, 0) is 45.9 Å². The van der Waals surface area contributed by atoms with E-state index in [1.165, 1.54) is 11.8 Å². The molecule has 0 bridgehead atoms. The van der Waals surface area contributed by atoms with Gasteiger partial charge in [0.1, 0.15) is 10.9 Å². The number of thioether (sulfide) groups is 1. The lowest BCUT2D eigenvalue weighted by molar-refractivity contribution is 0.0941. The van der Waals surface area contributed by atoms with Crippen molar-refractivity contribution in [3.8, 4) is 0 Å². The monoisotopic (exact) mass is 347 g/mol. The lowest BCUT2D eigenvalue weighted by Crippen LogP contribution is -2.31. The highest BCUT2D eigenvalue weighted by Crippen LogP contribution is 2.20. The lowest BCUT2D eigenvalue weighted by atomic mass is 10.1. The van der Waals surface area contributed by atoms with Crippen molar-refractivity contribution in [1.29, 1.82) is 0 Å². The van der Waals surface area contributed by atoms with Gasteiger partial charge in [0.15, 0.2) is 0 Å². The second-order valence-electron chi connectivity index (χ2n) is 6.16. The summed E-state index contributed by atoms with van der Waals surface area (Å²) in [6.07, 6.45) is 1.92. The van der Waals surface area contributed by atoms with E-state index in [0.717, 1.165) is 28.7 Å². The molecule has 0 aliphatic heterocycles. The third-order valence-electron chi connectivity index (χ3n) is 3.79. The van der Waals surface area contributed by atoms with Gasteiger partial charge in [0, 0.05) is 18.8 Å². The van der Waals surface area contributed by atoms with Gasteiger partial charge in [0.2, 0.25) is 0 Å². The normalized spacial score (nSPS) is 12.2. The van der Waals surface area contributed by atoms with Gasteiger partial charge in [0.25, 0.3) is 5.91 Å². The van der Waals surface area contributed by atoms with Crippen LogP contribution in [0, 0.1) is 33.6 Å². The van der Waals surface area contributed by atoms with Gasteiger partial charge < -0.3 is 5.32 Å². The zero-order valence-corrected chi connectivity index (χ0v) is 16.0. The molecular weight excluding hydrogens is 322 g/mol. The third-order valence-corrected chi connectivity index (χ3v) is 4.47. The van der Waals surface area contributed by atoms with Gasteiger partial charge in [-0.1, -0.05) is 6.92 Å². The molecule has 1 atom stereocenters. The summed E-state index contributed by atoms with van der Waals surface area (Å²) in [5.41, 5.74) is 3.45. The SMILES string of the molecule is CSc1nc(C)nc(C)c1C(=O)NC[C@H](C)Cn1nc(C)cc1C. The standard InChI is InChI=1S/C17H25N5OS/c1-10(9-22-12(3)7-11(2)21-22)8-18-16(23)15-13(4)19-14(5)20-17(15)24-6/h7,10H,8-9H2,1-6H3,(H,18,23)/t10-/m0/s1. The molecule has 1 amide bonds. The molecule has 0 aromatic carbocycles. The van der Waals surface area contributed by atoms with E-state index in [0.29, 0.717) is 17.9 Å². The maximum atomic E-state index is 12.6. The maximum absolute atomic E-state index is 12.6. The highest BCUT2D eigenvalue weighted by molar-refractivity contribution is 7.98. The lowest BCUT2D eigenvalue weighted by Gasteiger charge is -2.15. The minimum Gasteiger partial charge on any atom is -0.352 e. The predicted octanol–water partition coefficient (Wildman–Crippen LogP) is 2.69. The molecule has 0 spiro atoms. The van der Waals surface area contributed by atoms with Gasteiger partial charge in [-0.3, -0.25) is 9.48 Å². The number of hydrogen-bond donors (Lipinski definition) is 1. The van der Waals surface area contributed by atoms with Crippen LogP contribution in [0.5, 0.6) is 0 Å². The first-order chi connectivity index (χ1) is 11.3. The van der Waals surface area contributed by atoms with Crippen LogP contribution in [0.4, 0.5) is 0 Å². The van der Waals surface area contributed by atoms with Crippen molar-refractivity contribution < 1.29 is 4.79 Å². The first-order valence-corrected chi connectivity index (χ1v) is 9.22. The maximum Gasteiger partial charge on any atom is 0.255 e. The summed E-state index contributed by atoms with van der Waals surface area (Å²) in [6, 6.07) is 2.06. The molecule has 6 nitrogen and oxygen atoms in total. The average Bonchev–Trinajstić information content (AvgIpc) is 2.81. The first-order valence-electron chi connectivity index (χ1n) is 8.00. The summed E-state index contributed by atoms with van der Waals surface area (Å²) in [4.78, 5) is 21.2. The Morgan fingerprint density at radius 2 is 2.00 bits per heavy atom. The Kier molecular flexibility index (Phi) is 5.99. The molecule has 2 rings (SSSR count). The van der Waals surface area contributed by atoms with Gasteiger partial charge in [-0.15, -0.1) is 11.8 Å². The molecule has 0 unspecified atom stereocenters. The van der Waals surface area contributed by atoms with Crippen LogP contribution in [0.3, 0.4) is 0 Å². The zero-order valence-electron chi connectivity index (χ0n) is 15.2. The minimum absolute atomic E-state index is 0.114. The summed E-state index contributed by atoms with van der Waals surface area (Å²) in [7, 11) is 0. The second kappa shape index (κ2) is 7.79.